The normalized spacial score (nSPS) is 12.9. The first-order valence-corrected chi connectivity index (χ1v) is 12.1. The van der Waals surface area contributed by atoms with E-state index in [1.165, 1.54) is 52.0 Å². The van der Waals surface area contributed by atoms with Crippen molar-refractivity contribution in [3.05, 3.63) is 34.0 Å². The van der Waals surface area contributed by atoms with Crippen molar-refractivity contribution < 1.29 is 0 Å². The molecule has 0 unspecified atom stereocenters. The van der Waals surface area contributed by atoms with E-state index >= 15 is 0 Å². The van der Waals surface area contributed by atoms with E-state index in [9.17, 15) is 0 Å². The molecule has 0 amide bonds. The molecule has 4 heteroatoms. The van der Waals surface area contributed by atoms with Crippen LogP contribution in [0.25, 0.3) is 42.2 Å². The van der Waals surface area contributed by atoms with Crippen LogP contribution in [0.15, 0.2) is 24.3 Å². The molecule has 0 saturated carbocycles. The van der Waals surface area contributed by atoms with E-state index in [0.717, 1.165) is 13.1 Å². The second kappa shape index (κ2) is 6.36. The number of nitrogens with zero attached hydrogens (tertiary/aromatic N) is 2. The quantitative estimate of drug-likeness (QED) is 0.283. The number of aryl methyl sites for hydroxylation is 2. The highest BCUT2D eigenvalue weighted by Crippen LogP contribution is 2.43. The van der Waals surface area contributed by atoms with E-state index < -0.39 is 0 Å². The monoisotopic (exact) mass is 408 g/mol. The fraction of sp³-hybridized carbons (Fsp3) is 0.417. The molecule has 0 aliphatic rings. The summed E-state index contributed by atoms with van der Waals surface area (Å²) >= 11 is 3.96. The fourth-order valence-corrected chi connectivity index (χ4v) is 6.86. The van der Waals surface area contributed by atoms with Crippen LogP contribution in [-0.4, -0.2) is 9.13 Å². The lowest BCUT2D eigenvalue weighted by molar-refractivity contribution is 0.822. The Kier molecular flexibility index (Phi) is 4.15. The van der Waals surface area contributed by atoms with Crippen molar-refractivity contribution in [3.63, 3.8) is 0 Å². The molecule has 0 aliphatic heterocycles. The van der Waals surface area contributed by atoms with Gasteiger partial charge in [0, 0.05) is 33.6 Å². The van der Waals surface area contributed by atoms with E-state index in [2.05, 4.69) is 74.9 Å². The minimum atomic E-state index is 0.584. The predicted octanol–water partition coefficient (Wildman–Crippen LogP) is 8.31. The van der Waals surface area contributed by atoms with Crippen LogP contribution in [0.2, 0.25) is 0 Å². The first-order chi connectivity index (χ1) is 13.4. The Morgan fingerprint density at radius 2 is 1.04 bits per heavy atom. The maximum atomic E-state index is 2.51. The summed E-state index contributed by atoms with van der Waals surface area (Å²) in [7, 11) is 0. The van der Waals surface area contributed by atoms with Gasteiger partial charge in [-0.2, -0.15) is 0 Å². The Morgan fingerprint density at radius 1 is 0.643 bits per heavy atom. The van der Waals surface area contributed by atoms with Crippen molar-refractivity contribution >= 4 is 64.9 Å². The number of hydrogen-bond acceptors (Lipinski definition) is 2. The number of fused-ring (bicyclic) bond motifs is 6. The van der Waals surface area contributed by atoms with E-state index in [1.54, 1.807) is 0 Å². The van der Waals surface area contributed by atoms with Crippen molar-refractivity contribution in [1.29, 1.82) is 0 Å². The van der Waals surface area contributed by atoms with Gasteiger partial charge >= 0.3 is 0 Å². The molecule has 5 aromatic rings. The van der Waals surface area contributed by atoms with Crippen molar-refractivity contribution in [1.82, 2.24) is 9.13 Å². The number of thiophene rings is 2. The number of hydrogen-bond donors (Lipinski definition) is 0. The Labute approximate surface area is 174 Å². The molecule has 1 aromatic carbocycles. The topological polar surface area (TPSA) is 9.86 Å². The molecule has 0 saturated heterocycles. The summed E-state index contributed by atoms with van der Waals surface area (Å²) in [4.78, 5) is 2.98. The van der Waals surface area contributed by atoms with Crippen molar-refractivity contribution in [2.45, 2.75) is 66.5 Å². The summed E-state index contributed by atoms with van der Waals surface area (Å²) in [6, 6.07) is 9.77. The minimum absolute atomic E-state index is 0.584. The fourth-order valence-electron chi connectivity index (χ4n) is 4.48. The van der Waals surface area contributed by atoms with Crippen LogP contribution in [0, 0.1) is 0 Å². The highest BCUT2D eigenvalue weighted by Gasteiger charge is 2.20. The molecule has 0 N–H and O–H groups in total. The Balaban J connectivity index is 1.92. The molecule has 0 atom stereocenters. The molecule has 5 rings (SSSR count). The molecule has 2 nitrogen and oxygen atoms in total. The third-order valence-electron chi connectivity index (χ3n) is 6.00. The highest BCUT2D eigenvalue weighted by molar-refractivity contribution is 7.20. The van der Waals surface area contributed by atoms with E-state index in [-0.39, 0.29) is 0 Å². The smallest absolute Gasteiger partial charge is 0.0604 e. The van der Waals surface area contributed by atoms with Gasteiger partial charge in [-0.3, -0.25) is 0 Å². The molecule has 0 aliphatic carbocycles. The van der Waals surface area contributed by atoms with Crippen LogP contribution in [0.1, 0.15) is 63.1 Å². The SMILES string of the molecule is CCn1c2cc3c4sc(C(C)C)cc4n(CC)c3cc2c2sc(C(C)C)cc21. The summed E-state index contributed by atoms with van der Waals surface area (Å²) in [5, 5.41) is 2.84. The van der Waals surface area contributed by atoms with E-state index in [4.69, 9.17) is 0 Å². The zero-order valence-electron chi connectivity index (χ0n) is 17.6. The summed E-state index contributed by atoms with van der Waals surface area (Å²) in [6.45, 7) is 15.7. The Bertz CT molecular complexity index is 1230. The summed E-state index contributed by atoms with van der Waals surface area (Å²) < 4.78 is 7.94. The molecule has 0 bridgehead atoms. The first kappa shape index (κ1) is 18.3. The molecule has 0 radical (unpaired) electrons. The van der Waals surface area contributed by atoms with E-state index in [1.807, 2.05) is 22.7 Å². The van der Waals surface area contributed by atoms with Gasteiger partial charge in [0.05, 0.1) is 31.5 Å². The third-order valence-corrected chi connectivity index (χ3v) is 8.92. The van der Waals surface area contributed by atoms with Gasteiger partial charge in [-0.1, -0.05) is 27.7 Å². The van der Waals surface area contributed by atoms with Gasteiger partial charge in [-0.15, -0.1) is 22.7 Å². The molecule has 0 fully saturated rings. The lowest BCUT2D eigenvalue weighted by atomic mass is 10.2. The largest absolute Gasteiger partial charge is 0.340 e. The molecular formula is C24H28N2S2. The lowest BCUT2D eigenvalue weighted by Crippen LogP contribution is -1.94. The standard InChI is InChI=1S/C24H28N2S2/c1-7-25-17-9-16-18(10-15(17)23-19(25)11-21(27-23)13(3)4)26(8-2)20-12-22(14(5)6)28-24(16)20/h9-14H,7-8H2,1-6H3. The first-order valence-electron chi connectivity index (χ1n) is 10.5. The maximum absolute atomic E-state index is 2.51. The van der Waals surface area contributed by atoms with Crippen LogP contribution in [0.5, 0.6) is 0 Å². The Morgan fingerprint density at radius 3 is 1.36 bits per heavy atom. The van der Waals surface area contributed by atoms with Gasteiger partial charge in [-0.25, -0.2) is 0 Å². The zero-order valence-corrected chi connectivity index (χ0v) is 19.2. The van der Waals surface area contributed by atoms with Gasteiger partial charge in [-0.05, 0) is 49.9 Å². The predicted molar refractivity (Wildman–Crippen MR) is 128 cm³/mol. The lowest BCUT2D eigenvalue weighted by Gasteiger charge is -2.06. The van der Waals surface area contributed by atoms with Gasteiger partial charge in [0.25, 0.3) is 0 Å². The number of benzene rings is 1. The van der Waals surface area contributed by atoms with Gasteiger partial charge in [0.1, 0.15) is 0 Å². The van der Waals surface area contributed by atoms with E-state index in [0.29, 0.717) is 11.8 Å². The van der Waals surface area contributed by atoms with Gasteiger partial charge < -0.3 is 9.13 Å². The third kappa shape index (κ3) is 2.37. The van der Waals surface area contributed by atoms with Crippen LogP contribution in [0.3, 0.4) is 0 Å². The maximum Gasteiger partial charge on any atom is 0.0604 e. The average Bonchev–Trinajstić information content (AvgIpc) is 3.38. The van der Waals surface area contributed by atoms with Crippen LogP contribution in [-0.2, 0) is 13.1 Å². The van der Waals surface area contributed by atoms with Crippen molar-refractivity contribution in [2.75, 3.05) is 0 Å². The second-order valence-corrected chi connectivity index (χ2v) is 10.6. The van der Waals surface area contributed by atoms with Crippen LogP contribution >= 0.6 is 22.7 Å². The second-order valence-electron chi connectivity index (χ2n) is 8.41. The van der Waals surface area contributed by atoms with Crippen molar-refractivity contribution in [2.24, 2.45) is 0 Å². The van der Waals surface area contributed by atoms with Gasteiger partial charge in [0.2, 0.25) is 0 Å². The highest BCUT2D eigenvalue weighted by atomic mass is 32.1. The van der Waals surface area contributed by atoms with Gasteiger partial charge in [0.15, 0.2) is 0 Å². The van der Waals surface area contributed by atoms with Crippen LogP contribution < -0.4 is 0 Å². The molecule has 4 heterocycles. The summed E-state index contributed by atoms with van der Waals surface area (Å²) in [6.07, 6.45) is 0. The molecule has 0 spiro atoms. The minimum Gasteiger partial charge on any atom is -0.340 e. The number of aromatic nitrogens is 2. The molecule has 28 heavy (non-hydrogen) atoms. The summed E-state index contributed by atoms with van der Waals surface area (Å²) in [5.74, 6) is 1.17. The Hall–Kier alpha value is -1.78. The zero-order chi connectivity index (χ0) is 19.7. The molecule has 4 aromatic heterocycles. The van der Waals surface area contributed by atoms with Crippen LogP contribution in [0.4, 0.5) is 0 Å². The molecular weight excluding hydrogens is 380 g/mol. The summed E-state index contributed by atoms with van der Waals surface area (Å²) in [5.41, 5.74) is 5.60. The van der Waals surface area contributed by atoms with Crippen molar-refractivity contribution in [3.8, 4) is 0 Å². The number of rotatable bonds is 4. The average molecular weight is 409 g/mol. The molecule has 146 valence electrons.